The second-order valence-corrected chi connectivity index (χ2v) is 5.03. The number of amides is 1. The highest BCUT2D eigenvalue weighted by atomic mass is 16.7. The van der Waals surface area contributed by atoms with Gasteiger partial charge in [-0.05, 0) is 27.2 Å². The van der Waals surface area contributed by atoms with Crippen molar-refractivity contribution < 1.29 is 24.2 Å². The molecule has 2 fully saturated rings. The van der Waals surface area contributed by atoms with Crippen molar-refractivity contribution in [3.8, 4) is 0 Å². The van der Waals surface area contributed by atoms with Crippen molar-refractivity contribution in [1.29, 1.82) is 0 Å². The molecular weight excluding hydrogens is 214 g/mol. The van der Waals surface area contributed by atoms with Gasteiger partial charge in [0.05, 0.1) is 0 Å². The number of carbonyl (C=O) groups is 2. The van der Waals surface area contributed by atoms with Crippen LogP contribution in [-0.4, -0.2) is 46.0 Å². The number of nitrogens with zero attached hydrogens (tertiary/aromatic N) is 1. The van der Waals surface area contributed by atoms with Crippen molar-refractivity contribution in [2.45, 2.75) is 44.6 Å². The standard InChI is InChI=1S/C10H15NO5/c1-9(2,3)16-8(14)11-5-4-6-10(11,15-6)7(12)13/h6H,4-5H2,1-3H3,(H,12,13). The Balaban J connectivity index is 2.11. The minimum atomic E-state index is -1.46. The first-order valence-electron chi connectivity index (χ1n) is 5.19. The Morgan fingerprint density at radius 3 is 2.56 bits per heavy atom. The largest absolute Gasteiger partial charge is 0.478 e. The molecule has 0 aromatic carbocycles. The number of epoxide rings is 1. The van der Waals surface area contributed by atoms with Crippen LogP contribution in [0.1, 0.15) is 27.2 Å². The summed E-state index contributed by atoms with van der Waals surface area (Å²) in [6.45, 7) is 5.57. The van der Waals surface area contributed by atoms with Gasteiger partial charge in [-0.2, -0.15) is 0 Å². The van der Waals surface area contributed by atoms with Crippen molar-refractivity contribution in [2.24, 2.45) is 0 Å². The molecule has 0 saturated carbocycles. The summed E-state index contributed by atoms with van der Waals surface area (Å²) in [4.78, 5) is 24.0. The topological polar surface area (TPSA) is 79.4 Å². The number of aliphatic carboxylic acids is 1. The highest BCUT2D eigenvalue weighted by Crippen LogP contribution is 2.48. The van der Waals surface area contributed by atoms with Crippen molar-refractivity contribution >= 4 is 12.1 Å². The van der Waals surface area contributed by atoms with Gasteiger partial charge in [0.1, 0.15) is 11.7 Å². The van der Waals surface area contributed by atoms with Gasteiger partial charge in [0.2, 0.25) is 0 Å². The van der Waals surface area contributed by atoms with E-state index in [1.807, 2.05) is 0 Å². The molecule has 0 radical (unpaired) electrons. The summed E-state index contributed by atoms with van der Waals surface area (Å²) in [6.07, 6.45) is -0.460. The fraction of sp³-hybridized carbons (Fsp3) is 0.800. The summed E-state index contributed by atoms with van der Waals surface area (Å²) in [5.74, 6) is -1.12. The number of ether oxygens (including phenoxy) is 2. The molecule has 6 heteroatoms. The molecule has 2 heterocycles. The monoisotopic (exact) mass is 229 g/mol. The van der Waals surface area contributed by atoms with Gasteiger partial charge in [-0.1, -0.05) is 0 Å². The summed E-state index contributed by atoms with van der Waals surface area (Å²) in [7, 11) is 0. The number of carboxylic acid groups (broad SMARTS) is 1. The number of fused-ring (bicyclic) bond motifs is 1. The van der Waals surface area contributed by atoms with Gasteiger partial charge in [-0.3, -0.25) is 4.90 Å². The number of hydrogen-bond acceptors (Lipinski definition) is 4. The first-order chi connectivity index (χ1) is 7.27. The predicted molar refractivity (Wildman–Crippen MR) is 52.8 cm³/mol. The van der Waals surface area contributed by atoms with E-state index in [1.54, 1.807) is 20.8 Å². The maximum atomic E-state index is 11.8. The molecule has 0 aromatic rings. The first kappa shape index (κ1) is 11.2. The average molecular weight is 229 g/mol. The molecule has 2 aliphatic rings. The molecule has 6 nitrogen and oxygen atoms in total. The maximum Gasteiger partial charge on any atom is 0.413 e. The Labute approximate surface area is 93.1 Å². The van der Waals surface area contributed by atoms with Crippen molar-refractivity contribution in [3.05, 3.63) is 0 Å². The zero-order valence-electron chi connectivity index (χ0n) is 9.52. The molecule has 0 spiro atoms. The molecule has 0 aromatic heterocycles. The molecule has 2 rings (SSSR count). The number of likely N-dealkylation sites (tertiary alicyclic amines) is 1. The van der Waals surface area contributed by atoms with Crippen LogP contribution in [0.15, 0.2) is 0 Å². The van der Waals surface area contributed by atoms with Crippen LogP contribution in [0, 0.1) is 0 Å². The van der Waals surface area contributed by atoms with Gasteiger partial charge in [-0.25, -0.2) is 9.59 Å². The summed E-state index contributed by atoms with van der Waals surface area (Å²) >= 11 is 0. The highest BCUT2D eigenvalue weighted by molar-refractivity contribution is 5.87. The third-order valence-corrected chi connectivity index (χ3v) is 2.64. The maximum absolute atomic E-state index is 11.8. The van der Waals surface area contributed by atoms with E-state index in [0.29, 0.717) is 13.0 Å². The van der Waals surface area contributed by atoms with E-state index in [2.05, 4.69) is 0 Å². The van der Waals surface area contributed by atoms with Gasteiger partial charge in [0.15, 0.2) is 0 Å². The molecule has 2 aliphatic heterocycles. The van der Waals surface area contributed by atoms with Crippen LogP contribution in [0.25, 0.3) is 0 Å². The number of rotatable bonds is 1. The lowest BCUT2D eigenvalue weighted by atomic mass is 10.2. The Kier molecular flexibility index (Phi) is 2.17. The summed E-state index contributed by atoms with van der Waals surface area (Å²) < 4.78 is 10.2. The van der Waals surface area contributed by atoms with Crippen LogP contribution in [0.2, 0.25) is 0 Å². The normalized spacial score (nSPS) is 32.2. The van der Waals surface area contributed by atoms with E-state index in [0.717, 1.165) is 4.90 Å². The molecule has 1 N–H and O–H groups in total. The van der Waals surface area contributed by atoms with Gasteiger partial charge < -0.3 is 14.6 Å². The Hall–Kier alpha value is -1.30. The quantitative estimate of drug-likeness (QED) is 0.673. The average Bonchev–Trinajstić information content (AvgIpc) is 2.70. The smallest absolute Gasteiger partial charge is 0.413 e. The lowest BCUT2D eigenvalue weighted by molar-refractivity contribution is -0.150. The highest BCUT2D eigenvalue weighted by Gasteiger charge is 2.72. The summed E-state index contributed by atoms with van der Waals surface area (Å²) in [5.41, 5.74) is -2.09. The van der Waals surface area contributed by atoms with Crippen LogP contribution in [0.5, 0.6) is 0 Å². The summed E-state index contributed by atoms with van der Waals surface area (Å²) in [5, 5.41) is 9.06. The molecule has 2 saturated heterocycles. The van der Waals surface area contributed by atoms with Crippen LogP contribution >= 0.6 is 0 Å². The fourth-order valence-electron chi connectivity index (χ4n) is 1.93. The molecule has 0 bridgehead atoms. The molecule has 2 unspecified atom stereocenters. The molecule has 1 amide bonds. The van der Waals surface area contributed by atoms with E-state index in [4.69, 9.17) is 14.6 Å². The molecule has 2 atom stereocenters. The second-order valence-electron chi connectivity index (χ2n) is 5.03. The minimum absolute atomic E-state index is 0.367. The van der Waals surface area contributed by atoms with Gasteiger partial charge >= 0.3 is 12.1 Å². The Morgan fingerprint density at radius 1 is 1.50 bits per heavy atom. The van der Waals surface area contributed by atoms with Crippen molar-refractivity contribution in [1.82, 2.24) is 4.90 Å². The third-order valence-electron chi connectivity index (χ3n) is 2.64. The van der Waals surface area contributed by atoms with Crippen LogP contribution < -0.4 is 0 Å². The van der Waals surface area contributed by atoms with Gasteiger partial charge in [0.25, 0.3) is 5.72 Å². The first-order valence-corrected chi connectivity index (χ1v) is 5.19. The second kappa shape index (κ2) is 3.10. The molecule has 0 aliphatic carbocycles. The van der Waals surface area contributed by atoms with E-state index in [9.17, 15) is 9.59 Å². The van der Waals surface area contributed by atoms with E-state index >= 15 is 0 Å². The van der Waals surface area contributed by atoms with E-state index in [1.165, 1.54) is 0 Å². The van der Waals surface area contributed by atoms with E-state index < -0.39 is 23.4 Å². The van der Waals surface area contributed by atoms with Crippen molar-refractivity contribution in [2.75, 3.05) is 6.54 Å². The van der Waals surface area contributed by atoms with Crippen LogP contribution in [-0.2, 0) is 14.3 Å². The Bertz CT molecular complexity index is 348. The number of hydrogen-bond donors (Lipinski definition) is 1. The Morgan fingerprint density at radius 2 is 2.12 bits per heavy atom. The van der Waals surface area contributed by atoms with Crippen LogP contribution in [0.3, 0.4) is 0 Å². The molecular formula is C10H15NO5. The molecule has 90 valence electrons. The zero-order valence-corrected chi connectivity index (χ0v) is 9.52. The van der Waals surface area contributed by atoms with E-state index in [-0.39, 0.29) is 6.10 Å². The zero-order chi connectivity index (χ0) is 12.1. The number of carboxylic acids is 1. The SMILES string of the molecule is CC(C)(C)OC(=O)N1CCC2OC21C(=O)O. The lowest BCUT2D eigenvalue weighted by Gasteiger charge is -2.27. The fourth-order valence-corrected chi connectivity index (χ4v) is 1.93. The summed E-state index contributed by atoms with van der Waals surface area (Å²) in [6, 6.07) is 0. The third kappa shape index (κ3) is 1.53. The van der Waals surface area contributed by atoms with Gasteiger partial charge in [0, 0.05) is 6.54 Å². The molecule has 16 heavy (non-hydrogen) atoms. The minimum Gasteiger partial charge on any atom is -0.478 e. The number of carbonyl (C=O) groups excluding carboxylic acids is 1. The lowest BCUT2D eigenvalue weighted by Crippen LogP contribution is -2.48. The van der Waals surface area contributed by atoms with Crippen molar-refractivity contribution in [3.63, 3.8) is 0 Å². The van der Waals surface area contributed by atoms with Crippen LogP contribution in [0.4, 0.5) is 4.79 Å². The predicted octanol–water partition coefficient (Wildman–Crippen LogP) is 0.807. The van der Waals surface area contributed by atoms with Gasteiger partial charge in [-0.15, -0.1) is 0 Å².